The monoisotopic (exact) mass is 544 g/mol. The van der Waals surface area contributed by atoms with Gasteiger partial charge < -0.3 is 59.4 Å². The molecule has 0 saturated carbocycles. The number of esters is 1. The van der Waals surface area contributed by atoms with Crippen LogP contribution in [-0.4, -0.2) is 123 Å². The van der Waals surface area contributed by atoms with E-state index in [-0.39, 0.29) is 10.8 Å². The Labute approximate surface area is 208 Å². The number of hydrogen-bond donors (Lipinski definition) is 7. The normalized spacial score (nSPS) is 37.3. The van der Waals surface area contributed by atoms with Gasteiger partial charge >= 0.3 is 5.97 Å². The second kappa shape index (κ2) is 11.8. The Bertz CT molecular complexity index is 873. The molecular weight excluding hydrogens is 519 g/mol. The lowest BCUT2D eigenvalue weighted by Crippen LogP contribution is -2.62. The van der Waals surface area contributed by atoms with Crippen molar-refractivity contribution in [3.8, 4) is 5.75 Å². The van der Waals surface area contributed by atoms with Gasteiger partial charge in [0.2, 0.25) is 5.79 Å². The minimum Gasteiger partial charge on any atom is -0.480 e. The highest BCUT2D eigenvalue weighted by Gasteiger charge is 2.58. The van der Waals surface area contributed by atoms with Gasteiger partial charge in [0.1, 0.15) is 61.7 Å². The van der Waals surface area contributed by atoms with Gasteiger partial charge in [-0.05, 0) is 18.2 Å². The van der Waals surface area contributed by atoms with E-state index < -0.39 is 87.2 Å². The third-order valence-electron chi connectivity index (χ3n) is 5.54. The molecule has 1 aromatic rings. The van der Waals surface area contributed by atoms with Crippen LogP contribution in [0.5, 0.6) is 5.75 Å². The highest BCUT2D eigenvalue weighted by atomic mass is 35.5. The van der Waals surface area contributed by atoms with Gasteiger partial charge in [0.05, 0.1) is 11.6 Å². The van der Waals surface area contributed by atoms with Gasteiger partial charge in [-0.3, -0.25) is 0 Å². The van der Waals surface area contributed by atoms with Gasteiger partial charge in [-0.15, -0.1) is 0 Å². The molecule has 0 aliphatic carbocycles. The fraction of sp³-hybridized carbons (Fsp3) is 0.650. The first-order valence-electron chi connectivity index (χ1n) is 10.4. The predicted molar refractivity (Wildman–Crippen MR) is 114 cm³/mol. The number of carbonyl (C=O) groups excluding carboxylic acids is 1. The van der Waals surface area contributed by atoms with E-state index in [1.54, 1.807) is 0 Å². The summed E-state index contributed by atoms with van der Waals surface area (Å²) in [5, 5.41) is 70.4. The van der Waals surface area contributed by atoms with Crippen molar-refractivity contribution < 1.29 is 64.2 Å². The van der Waals surface area contributed by atoms with Crippen LogP contribution in [0.15, 0.2) is 18.2 Å². The van der Waals surface area contributed by atoms with Crippen molar-refractivity contribution in [2.45, 2.75) is 54.8 Å². The van der Waals surface area contributed by atoms with Crippen molar-refractivity contribution in [1.82, 2.24) is 0 Å². The van der Waals surface area contributed by atoms with Crippen LogP contribution < -0.4 is 4.74 Å². The zero-order valence-electron chi connectivity index (χ0n) is 18.0. The maximum Gasteiger partial charge on any atom is 0.344 e. The molecule has 0 amide bonds. The Hall–Kier alpha value is -1.33. The molecule has 198 valence electrons. The molecule has 15 heteroatoms. The fourth-order valence-electron chi connectivity index (χ4n) is 3.56. The molecule has 0 aromatic heterocycles. The molecule has 9 atom stereocenters. The minimum atomic E-state index is -2.36. The molecular formula is C20H26Cl2O13. The van der Waals surface area contributed by atoms with Crippen molar-refractivity contribution in [2.75, 3.05) is 26.4 Å². The Kier molecular flexibility index (Phi) is 9.53. The molecule has 7 N–H and O–H groups in total. The van der Waals surface area contributed by atoms with Crippen LogP contribution in [0.1, 0.15) is 0 Å². The summed E-state index contributed by atoms with van der Waals surface area (Å²) in [7, 11) is 0. The Morgan fingerprint density at radius 3 is 2.34 bits per heavy atom. The Morgan fingerprint density at radius 1 is 1.00 bits per heavy atom. The van der Waals surface area contributed by atoms with E-state index in [0.717, 1.165) is 0 Å². The van der Waals surface area contributed by atoms with Crippen molar-refractivity contribution in [2.24, 2.45) is 0 Å². The summed E-state index contributed by atoms with van der Waals surface area (Å²) in [6, 6.07) is 4.37. The first-order chi connectivity index (χ1) is 16.5. The summed E-state index contributed by atoms with van der Waals surface area (Å²) in [5.41, 5.74) is 0. The number of rotatable bonds is 9. The van der Waals surface area contributed by atoms with Crippen LogP contribution in [0.25, 0.3) is 0 Å². The zero-order chi connectivity index (χ0) is 25.9. The van der Waals surface area contributed by atoms with Crippen LogP contribution in [-0.2, 0) is 23.7 Å². The lowest BCUT2D eigenvalue weighted by molar-refractivity contribution is -0.383. The van der Waals surface area contributed by atoms with E-state index in [1.165, 1.54) is 18.2 Å². The van der Waals surface area contributed by atoms with E-state index in [0.29, 0.717) is 5.02 Å². The highest BCUT2D eigenvalue weighted by Crippen LogP contribution is 2.36. The molecule has 35 heavy (non-hydrogen) atoms. The molecule has 13 nitrogen and oxygen atoms in total. The van der Waals surface area contributed by atoms with E-state index >= 15 is 0 Å². The average Bonchev–Trinajstić information content (AvgIpc) is 3.07. The largest absolute Gasteiger partial charge is 0.480 e. The lowest BCUT2D eigenvalue weighted by atomic mass is 9.99. The van der Waals surface area contributed by atoms with E-state index in [9.17, 15) is 40.5 Å². The van der Waals surface area contributed by atoms with Gasteiger partial charge in [-0.1, -0.05) is 23.2 Å². The molecule has 2 fully saturated rings. The molecule has 0 bridgehead atoms. The number of benzene rings is 1. The van der Waals surface area contributed by atoms with E-state index in [1.807, 2.05) is 0 Å². The molecule has 2 aliphatic rings. The first kappa shape index (κ1) is 28.2. The SMILES string of the molecule is O=C(COc1ccc(Cl)cc1Cl)OC[C@H]1O[C@@](CO)(O[C@H]2O[C@H](CO)[C@@H](O)[C@H](O)[C@H]2O)[C@@H](O)[C@@H]1O. The average molecular weight is 545 g/mol. The molecule has 0 radical (unpaired) electrons. The minimum absolute atomic E-state index is 0.168. The molecule has 0 unspecified atom stereocenters. The van der Waals surface area contributed by atoms with Gasteiger partial charge in [-0.2, -0.15) is 0 Å². The van der Waals surface area contributed by atoms with Crippen molar-refractivity contribution >= 4 is 29.2 Å². The van der Waals surface area contributed by atoms with Crippen molar-refractivity contribution in [3.63, 3.8) is 0 Å². The summed E-state index contributed by atoms with van der Waals surface area (Å²) in [5.74, 6) is -3.07. The van der Waals surface area contributed by atoms with E-state index in [2.05, 4.69) is 0 Å². The Morgan fingerprint density at radius 2 is 1.71 bits per heavy atom. The summed E-state index contributed by atoms with van der Waals surface area (Å²) in [4.78, 5) is 12.0. The fourth-order valence-corrected chi connectivity index (χ4v) is 4.03. The van der Waals surface area contributed by atoms with Crippen molar-refractivity contribution in [1.29, 1.82) is 0 Å². The standard InChI is InChI=1S/C20H26Cl2O13/c21-8-1-2-10(9(22)3-8)31-6-13(25)32-5-12-15(27)18(30)20(7-24,34-12)35-19-17(29)16(28)14(26)11(4-23)33-19/h1-3,11-12,14-19,23-24,26-30H,4-7H2/t11-,12-,14-,15-,16+,17-,18+,19-,20+/m1/s1. The highest BCUT2D eigenvalue weighted by molar-refractivity contribution is 6.35. The topological polar surface area (TPSA) is 205 Å². The summed E-state index contributed by atoms with van der Waals surface area (Å²) < 4.78 is 26.2. The molecule has 3 rings (SSSR count). The second-order valence-corrected chi connectivity index (χ2v) is 8.77. The van der Waals surface area contributed by atoms with Crippen LogP contribution in [0.2, 0.25) is 10.0 Å². The number of halogens is 2. The quantitative estimate of drug-likeness (QED) is 0.161. The van der Waals surface area contributed by atoms with Gasteiger partial charge in [0.25, 0.3) is 0 Å². The van der Waals surface area contributed by atoms with Crippen LogP contribution in [0, 0.1) is 0 Å². The molecule has 2 aliphatic heterocycles. The third kappa shape index (κ3) is 6.15. The number of hydrogen-bond acceptors (Lipinski definition) is 13. The van der Waals surface area contributed by atoms with Crippen LogP contribution >= 0.6 is 23.2 Å². The van der Waals surface area contributed by atoms with Crippen LogP contribution in [0.4, 0.5) is 0 Å². The molecule has 1 aromatic carbocycles. The summed E-state index contributed by atoms with van der Waals surface area (Å²) in [6.45, 7) is -2.94. The maximum absolute atomic E-state index is 12.0. The molecule has 2 heterocycles. The number of aliphatic hydroxyl groups excluding tert-OH is 7. The lowest BCUT2D eigenvalue weighted by Gasteiger charge is -2.43. The van der Waals surface area contributed by atoms with Crippen molar-refractivity contribution in [3.05, 3.63) is 28.2 Å². The van der Waals surface area contributed by atoms with Gasteiger partial charge in [0, 0.05) is 5.02 Å². The van der Waals surface area contributed by atoms with Crippen LogP contribution in [0.3, 0.4) is 0 Å². The number of aliphatic hydroxyl groups is 7. The van der Waals surface area contributed by atoms with E-state index in [4.69, 9.17) is 46.9 Å². The smallest absolute Gasteiger partial charge is 0.344 e. The first-order valence-corrected chi connectivity index (χ1v) is 11.1. The molecule has 0 spiro atoms. The predicted octanol–water partition coefficient (Wildman–Crippen LogP) is -2.46. The third-order valence-corrected chi connectivity index (χ3v) is 6.07. The number of ether oxygens (including phenoxy) is 5. The summed E-state index contributed by atoms with van der Waals surface area (Å²) in [6.07, 6.45) is -13.4. The van der Waals surface area contributed by atoms with Gasteiger partial charge in [-0.25, -0.2) is 4.79 Å². The molecule has 2 saturated heterocycles. The number of carbonyl (C=O) groups is 1. The summed E-state index contributed by atoms with van der Waals surface area (Å²) >= 11 is 11.7. The van der Waals surface area contributed by atoms with Gasteiger partial charge in [0.15, 0.2) is 12.9 Å². The zero-order valence-corrected chi connectivity index (χ0v) is 19.5. The maximum atomic E-state index is 12.0. The second-order valence-electron chi connectivity index (χ2n) is 7.92. The Balaban J connectivity index is 1.59.